The van der Waals surface area contributed by atoms with Crippen LogP contribution < -0.4 is 20.3 Å². The van der Waals surface area contributed by atoms with E-state index in [0.717, 1.165) is 0 Å². The van der Waals surface area contributed by atoms with E-state index < -0.39 is 5.91 Å². The van der Waals surface area contributed by atoms with E-state index >= 15 is 0 Å². The van der Waals surface area contributed by atoms with Crippen molar-refractivity contribution in [1.29, 1.82) is 0 Å². The molecule has 9 heteroatoms. The number of methoxy groups -OCH3 is 2. The standard InChI is InChI=1S/C21H19N5O4/c1-25-12-22-17-18(20(27)23-13-9-10-15(29-2)16(11-13)30-3)24-26(19(17)21(25)28)14-7-5-4-6-8-14/h4-12H,1-3H3,(H,23,27). The molecule has 2 aromatic heterocycles. The molecule has 4 aromatic rings. The lowest BCUT2D eigenvalue weighted by atomic mass is 10.2. The van der Waals surface area contributed by atoms with Crippen molar-refractivity contribution in [2.45, 2.75) is 0 Å². The summed E-state index contributed by atoms with van der Waals surface area (Å²) in [7, 11) is 4.64. The number of hydrogen-bond acceptors (Lipinski definition) is 6. The van der Waals surface area contributed by atoms with E-state index in [1.807, 2.05) is 18.2 Å². The van der Waals surface area contributed by atoms with E-state index in [0.29, 0.717) is 22.9 Å². The number of ether oxygens (including phenoxy) is 2. The van der Waals surface area contributed by atoms with E-state index in [4.69, 9.17) is 9.47 Å². The molecular weight excluding hydrogens is 386 g/mol. The molecule has 0 aliphatic rings. The lowest BCUT2D eigenvalue weighted by Gasteiger charge is -2.10. The van der Waals surface area contributed by atoms with Crippen LogP contribution in [0.5, 0.6) is 11.5 Å². The average Bonchev–Trinajstić information content (AvgIpc) is 3.17. The average molecular weight is 405 g/mol. The summed E-state index contributed by atoms with van der Waals surface area (Å²) in [5, 5.41) is 7.18. The number of aromatic nitrogens is 4. The molecule has 4 rings (SSSR count). The molecule has 0 saturated heterocycles. The first-order chi connectivity index (χ1) is 14.5. The Bertz CT molecular complexity index is 1290. The van der Waals surface area contributed by atoms with Gasteiger partial charge in [0.25, 0.3) is 11.5 Å². The number of amides is 1. The van der Waals surface area contributed by atoms with Crippen molar-refractivity contribution in [2.24, 2.45) is 7.05 Å². The summed E-state index contributed by atoms with van der Waals surface area (Å²) in [5.74, 6) is 0.518. The number of para-hydroxylation sites is 1. The zero-order chi connectivity index (χ0) is 21.3. The Morgan fingerprint density at radius 3 is 2.47 bits per heavy atom. The van der Waals surface area contributed by atoms with Gasteiger partial charge in [0.05, 0.1) is 26.2 Å². The maximum absolute atomic E-state index is 13.0. The molecule has 9 nitrogen and oxygen atoms in total. The van der Waals surface area contributed by atoms with Crippen molar-refractivity contribution < 1.29 is 14.3 Å². The molecule has 2 heterocycles. The first-order valence-corrected chi connectivity index (χ1v) is 9.06. The monoisotopic (exact) mass is 405 g/mol. The summed E-state index contributed by atoms with van der Waals surface area (Å²) >= 11 is 0. The SMILES string of the molecule is COc1ccc(NC(=O)c2nn(-c3ccccc3)c3c(=O)n(C)cnc23)cc1OC. The van der Waals surface area contributed by atoms with E-state index in [-0.39, 0.29) is 22.3 Å². The Labute approximate surface area is 171 Å². The Hall–Kier alpha value is -4.14. The number of carbonyl (C=O) groups excluding carboxylic acids is 1. The normalized spacial score (nSPS) is 10.8. The van der Waals surface area contributed by atoms with Crippen LogP contribution in [-0.4, -0.2) is 39.5 Å². The highest BCUT2D eigenvalue weighted by atomic mass is 16.5. The molecule has 0 bridgehead atoms. The largest absolute Gasteiger partial charge is 0.493 e. The summed E-state index contributed by atoms with van der Waals surface area (Å²) in [4.78, 5) is 30.1. The minimum atomic E-state index is -0.498. The van der Waals surface area contributed by atoms with Gasteiger partial charge in [0, 0.05) is 18.8 Å². The van der Waals surface area contributed by atoms with Crippen molar-refractivity contribution in [3.05, 3.63) is 70.9 Å². The van der Waals surface area contributed by atoms with Crippen LogP contribution in [-0.2, 0) is 7.05 Å². The van der Waals surface area contributed by atoms with Gasteiger partial charge in [-0.3, -0.25) is 9.59 Å². The topological polar surface area (TPSA) is 100 Å². The minimum absolute atomic E-state index is 0.0429. The van der Waals surface area contributed by atoms with Gasteiger partial charge in [0.2, 0.25) is 0 Å². The van der Waals surface area contributed by atoms with Crippen LogP contribution in [0.2, 0.25) is 0 Å². The third-order valence-corrected chi connectivity index (χ3v) is 4.60. The number of nitrogens with zero attached hydrogens (tertiary/aromatic N) is 4. The fraction of sp³-hybridized carbons (Fsp3) is 0.143. The molecule has 0 aliphatic heterocycles. The molecule has 0 aliphatic carbocycles. The fourth-order valence-electron chi connectivity index (χ4n) is 3.10. The van der Waals surface area contributed by atoms with Crippen molar-refractivity contribution in [2.75, 3.05) is 19.5 Å². The molecule has 0 unspecified atom stereocenters. The minimum Gasteiger partial charge on any atom is -0.493 e. The van der Waals surface area contributed by atoms with Gasteiger partial charge in [-0.2, -0.15) is 5.10 Å². The number of nitrogens with one attached hydrogen (secondary N) is 1. The highest BCUT2D eigenvalue weighted by molar-refractivity contribution is 6.10. The summed E-state index contributed by atoms with van der Waals surface area (Å²) in [6, 6.07) is 14.1. The van der Waals surface area contributed by atoms with Crippen LogP contribution in [0.15, 0.2) is 59.7 Å². The molecule has 0 atom stereocenters. The fourth-order valence-corrected chi connectivity index (χ4v) is 3.10. The quantitative estimate of drug-likeness (QED) is 0.547. The van der Waals surface area contributed by atoms with E-state index in [2.05, 4.69) is 15.4 Å². The van der Waals surface area contributed by atoms with Crippen molar-refractivity contribution in [3.63, 3.8) is 0 Å². The van der Waals surface area contributed by atoms with Crippen LogP contribution >= 0.6 is 0 Å². The van der Waals surface area contributed by atoms with Crippen LogP contribution in [0.25, 0.3) is 16.7 Å². The summed E-state index contributed by atoms with van der Waals surface area (Å²) in [5.41, 5.74) is 1.33. The molecule has 0 saturated carbocycles. The van der Waals surface area contributed by atoms with Gasteiger partial charge in [-0.05, 0) is 24.3 Å². The Morgan fingerprint density at radius 1 is 1.03 bits per heavy atom. The molecule has 152 valence electrons. The first-order valence-electron chi connectivity index (χ1n) is 9.06. The van der Waals surface area contributed by atoms with Gasteiger partial charge in [0.1, 0.15) is 5.52 Å². The molecule has 1 amide bonds. The molecule has 0 spiro atoms. The van der Waals surface area contributed by atoms with Gasteiger partial charge in [-0.1, -0.05) is 18.2 Å². The van der Waals surface area contributed by atoms with Gasteiger partial charge >= 0.3 is 0 Å². The second kappa shape index (κ2) is 7.70. The van der Waals surface area contributed by atoms with Crippen LogP contribution in [0.4, 0.5) is 5.69 Å². The van der Waals surface area contributed by atoms with Crippen LogP contribution in [0.3, 0.4) is 0 Å². The summed E-state index contributed by atoms with van der Waals surface area (Å²) in [6.07, 6.45) is 1.37. The van der Waals surface area contributed by atoms with Gasteiger partial charge in [0.15, 0.2) is 22.7 Å². The molecule has 0 radical (unpaired) electrons. The second-order valence-electron chi connectivity index (χ2n) is 6.48. The van der Waals surface area contributed by atoms with Gasteiger partial charge in [-0.15, -0.1) is 0 Å². The van der Waals surface area contributed by atoms with Crippen LogP contribution in [0, 0.1) is 0 Å². The second-order valence-corrected chi connectivity index (χ2v) is 6.48. The first kappa shape index (κ1) is 19.2. The lowest BCUT2D eigenvalue weighted by Crippen LogP contribution is -2.19. The van der Waals surface area contributed by atoms with E-state index in [9.17, 15) is 9.59 Å². The zero-order valence-electron chi connectivity index (χ0n) is 16.6. The molecular formula is C21H19N5O4. The maximum atomic E-state index is 13.0. The van der Waals surface area contributed by atoms with Crippen molar-refractivity contribution in [3.8, 4) is 17.2 Å². The van der Waals surface area contributed by atoms with Gasteiger partial charge < -0.3 is 19.4 Å². The van der Waals surface area contributed by atoms with E-state index in [1.165, 1.54) is 29.8 Å². The number of hydrogen-bond donors (Lipinski definition) is 1. The predicted octanol–water partition coefficient (Wildman–Crippen LogP) is 2.39. The highest BCUT2D eigenvalue weighted by Gasteiger charge is 2.22. The molecule has 0 fully saturated rings. The number of anilines is 1. The molecule has 1 N–H and O–H groups in total. The Kier molecular flexibility index (Phi) is 4.93. The number of benzene rings is 2. The Morgan fingerprint density at radius 2 is 1.77 bits per heavy atom. The van der Waals surface area contributed by atoms with Crippen molar-refractivity contribution >= 4 is 22.6 Å². The molecule has 2 aromatic carbocycles. The number of rotatable bonds is 5. The number of aryl methyl sites for hydroxylation is 1. The summed E-state index contributed by atoms with van der Waals surface area (Å²) < 4.78 is 13.3. The Balaban J connectivity index is 1.81. The van der Waals surface area contributed by atoms with Crippen LogP contribution in [0.1, 0.15) is 10.5 Å². The highest BCUT2D eigenvalue weighted by Crippen LogP contribution is 2.30. The third kappa shape index (κ3) is 3.26. The van der Waals surface area contributed by atoms with E-state index in [1.54, 1.807) is 37.4 Å². The van der Waals surface area contributed by atoms with Crippen molar-refractivity contribution in [1.82, 2.24) is 19.3 Å². The maximum Gasteiger partial charge on any atom is 0.279 e. The summed E-state index contributed by atoms with van der Waals surface area (Å²) in [6.45, 7) is 0. The number of carbonyl (C=O) groups is 1. The lowest BCUT2D eigenvalue weighted by molar-refractivity contribution is 0.102. The molecule has 30 heavy (non-hydrogen) atoms. The smallest absolute Gasteiger partial charge is 0.279 e. The predicted molar refractivity (Wildman–Crippen MR) is 112 cm³/mol. The third-order valence-electron chi connectivity index (χ3n) is 4.60. The zero-order valence-corrected chi connectivity index (χ0v) is 16.6. The number of fused-ring (bicyclic) bond motifs is 1. The van der Waals surface area contributed by atoms with Gasteiger partial charge in [-0.25, -0.2) is 9.67 Å².